The number of halogens is 1. The summed E-state index contributed by atoms with van der Waals surface area (Å²) >= 11 is 3.42. The van der Waals surface area contributed by atoms with E-state index in [0.717, 1.165) is 21.3 Å². The van der Waals surface area contributed by atoms with Crippen molar-refractivity contribution in [1.29, 1.82) is 0 Å². The van der Waals surface area contributed by atoms with E-state index in [9.17, 15) is 9.59 Å². The molecule has 2 amide bonds. The number of carbonyl (C=O) groups is 2. The number of allylic oxidation sites excluding steroid dienone is 1. The van der Waals surface area contributed by atoms with Crippen LogP contribution in [0.3, 0.4) is 0 Å². The van der Waals surface area contributed by atoms with Gasteiger partial charge in [0.05, 0.1) is 18.7 Å². The number of carbonyl (C=O) groups excluding carboxylic acids is 2. The van der Waals surface area contributed by atoms with Gasteiger partial charge >= 0.3 is 12.0 Å². The molecule has 6 nitrogen and oxygen atoms in total. The number of esters is 1. The molecule has 0 fully saturated rings. The summed E-state index contributed by atoms with van der Waals surface area (Å²) in [6.45, 7) is 1.81. The number of hydrogen-bond acceptors (Lipinski definition) is 4. The molecule has 3 rings (SSSR count). The van der Waals surface area contributed by atoms with Crippen LogP contribution in [0, 0.1) is 0 Å². The van der Waals surface area contributed by atoms with Gasteiger partial charge in [-0.25, -0.2) is 9.59 Å². The zero-order valence-electron chi connectivity index (χ0n) is 14.9. The lowest BCUT2D eigenvalue weighted by atomic mass is 9.96. The zero-order chi connectivity index (χ0) is 19.4. The molecule has 0 aromatic heterocycles. The van der Waals surface area contributed by atoms with Crippen molar-refractivity contribution >= 4 is 27.9 Å². The van der Waals surface area contributed by atoms with Gasteiger partial charge in [-0.1, -0.05) is 40.2 Å². The van der Waals surface area contributed by atoms with Crippen molar-refractivity contribution in [2.24, 2.45) is 0 Å². The number of amides is 2. The van der Waals surface area contributed by atoms with Crippen LogP contribution < -0.4 is 15.4 Å². The first-order valence-corrected chi connectivity index (χ1v) is 9.11. The van der Waals surface area contributed by atoms with Crippen molar-refractivity contribution in [3.05, 3.63) is 75.4 Å². The molecule has 2 N–H and O–H groups in total. The Kier molecular flexibility index (Phi) is 5.81. The standard InChI is InChI=1S/C20H19BrN2O4/c1-12-17(19(24)27-11-13-6-8-16(26-2)9-7-13)18(23-20(25)22-12)14-4-3-5-15(21)10-14/h3-10,18H,11H2,1-2H3,(H2,22,23,25)/t18-/m0/s1. The molecule has 27 heavy (non-hydrogen) atoms. The third-order valence-electron chi connectivity index (χ3n) is 4.20. The van der Waals surface area contributed by atoms with Gasteiger partial charge in [0.25, 0.3) is 0 Å². The molecule has 1 heterocycles. The van der Waals surface area contributed by atoms with Crippen LogP contribution in [0.2, 0.25) is 0 Å². The molecule has 0 bridgehead atoms. The van der Waals surface area contributed by atoms with Gasteiger partial charge in [-0.05, 0) is 42.3 Å². The van der Waals surface area contributed by atoms with Crippen molar-refractivity contribution < 1.29 is 19.1 Å². The Morgan fingerprint density at radius 1 is 1.19 bits per heavy atom. The second-order valence-electron chi connectivity index (χ2n) is 6.05. The van der Waals surface area contributed by atoms with Gasteiger partial charge in [0.15, 0.2) is 0 Å². The quantitative estimate of drug-likeness (QED) is 0.706. The number of methoxy groups -OCH3 is 1. The van der Waals surface area contributed by atoms with E-state index in [1.54, 1.807) is 26.2 Å². The number of nitrogens with one attached hydrogen (secondary N) is 2. The lowest BCUT2D eigenvalue weighted by Gasteiger charge is -2.28. The molecule has 2 aromatic carbocycles. The highest BCUT2D eigenvalue weighted by Crippen LogP contribution is 2.29. The highest BCUT2D eigenvalue weighted by atomic mass is 79.9. The molecule has 1 atom stereocenters. The average molecular weight is 431 g/mol. The minimum atomic E-state index is -0.584. The van der Waals surface area contributed by atoms with Gasteiger partial charge < -0.3 is 20.1 Å². The number of hydrogen-bond donors (Lipinski definition) is 2. The minimum absolute atomic E-state index is 0.124. The third-order valence-corrected chi connectivity index (χ3v) is 4.69. The summed E-state index contributed by atoms with van der Waals surface area (Å²) in [5.74, 6) is 0.248. The van der Waals surface area contributed by atoms with E-state index < -0.39 is 12.0 Å². The maximum absolute atomic E-state index is 12.8. The minimum Gasteiger partial charge on any atom is -0.497 e. The Balaban J connectivity index is 1.80. The number of rotatable bonds is 5. The first-order chi connectivity index (χ1) is 13.0. The van der Waals surface area contributed by atoms with Crippen LogP contribution in [0.1, 0.15) is 24.1 Å². The monoisotopic (exact) mass is 430 g/mol. The molecule has 0 radical (unpaired) electrons. The van der Waals surface area contributed by atoms with Gasteiger partial charge in [0.1, 0.15) is 12.4 Å². The molecule has 140 valence electrons. The maximum atomic E-state index is 12.8. The largest absolute Gasteiger partial charge is 0.497 e. The summed E-state index contributed by atoms with van der Waals surface area (Å²) in [6, 6.07) is 13.8. The van der Waals surface area contributed by atoms with E-state index in [1.165, 1.54) is 0 Å². The Labute approximate surface area is 165 Å². The fourth-order valence-corrected chi connectivity index (χ4v) is 3.27. The summed E-state index contributed by atoms with van der Waals surface area (Å²) in [5.41, 5.74) is 2.48. The normalized spacial score (nSPS) is 16.4. The zero-order valence-corrected chi connectivity index (χ0v) is 16.5. The van der Waals surface area contributed by atoms with Crippen LogP contribution in [-0.2, 0) is 16.1 Å². The Morgan fingerprint density at radius 3 is 2.59 bits per heavy atom. The van der Waals surface area contributed by atoms with Crippen molar-refractivity contribution in [2.75, 3.05) is 7.11 Å². The molecule has 0 unspecified atom stereocenters. The van der Waals surface area contributed by atoms with Crippen LogP contribution in [0.15, 0.2) is 64.3 Å². The number of urea groups is 1. The van der Waals surface area contributed by atoms with Crippen LogP contribution in [-0.4, -0.2) is 19.1 Å². The van der Waals surface area contributed by atoms with E-state index in [0.29, 0.717) is 11.3 Å². The van der Waals surface area contributed by atoms with E-state index in [2.05, 4.69) is 26.6 Å². The summed E-state index contributed by atoms with van der Waals surface area (Å²) in [6.07, 6.45) is 0. The van der Waals surface area contributed by atoms with E-state index in [1.807, 2.05) is 36.4 Å². The van der Waals surface area contributed by atoms with Crippen molar-refractivity contribution in [2.45, 2.75) is 19.6 Å². The molecule has 0 aliphatic carbocycles. The van der Waals surface area contributed by atoms with E-state index in [4.69, 9.17) is 9.47 Å². The Morgan fingerprint density at radius 2 is 1.93 bits per heavy atom. The molecule has 1 aliphatic rings. The molecular formula is C20H19BrN2O4. The van der Waals surface area contributed by atoms with Crippen molar-refractivity contribution in [1.82, 2.24) is 10.6 Å². The fourth-order valence-electron chi connectivity index (χ4n) is 2.85. The first kappa shape index (κ1) is 19.0. The molecule has 1 aliphatic heterocycles. The van der Waals surface area contributed by atoms with Crippen molar-refractivity contribution in [3.63, 3.8) is 0 Å². The summed E-state index contributed by atoms with van der Waals surface area (Å²) in [7, 11) is 1.59. The second kappa shape index (κ2) is 8.26. The lowest BCUT2D eigenvalue weighted by molar-refractivity contribution is -0.140. The molecule has 0 saturated heterocycles. The highest BCUT2D eigenvalue weighted by molar-refractivity contribution is 9.10. The van der Waals surface area contributed by atoms with Crippen LogP contribution in [0.25, 0.3) is 0 Å². The second-order valence-corrected chi connectivity index (χ2v) is 6.97. The predicted molar refractivity (Wildman–Crippen MR) is 104 cm³/mol. The summed E-state index contributed by atoms with van der Waals surface area (Å²) in [5, 5.41) is 5.43. The molecule has 0 spiro atoms. The Hall–Kier alpha value is -2.80. The van der Waals surface area contributed by atoms with Gasteiger partial charge in [-0.3, -0.25) is 0 Å². The van der Waals surface area contributed by atoms with Gasteiger partial charge in [0, 0.05) is 10.2 Å². The third kappa shape index (κ3) is 4.49. The van der Waals surface area contributed by atoms with E-state index >= 15 is 0 Å². The first-order valence-electron chi connectivity index (χ1n) is 8.31. The molecule has 2 aromatic rings. The van der Waals surface area contributed by atoms with Gasteiger partial charge in [-0.2, -0.15) is 0 Å². The van der Waals surface area contributed by atoms with Crippen LogP contribution >= 0.6 is 15.9 Å². The lowest BCUT2D eigenvalue weighted by Crippen LogP contribution is -2.45. The summed E-state index contributed by atoms with van der Waals surface area (Å²) < 4.78 is 11.5. The maximum Gasteiger partial charge on any atom is 0.338 e. The highest BCUT2D eigenvalue weighted by Gasteiger charge is 2.32. The molecular weight excluding hydrogens is 412 g/mol. The van der Waals surface area contributed by atoms with Crippen molar-refractivity contribution in [3.8, 4) is 5.75 Å². The SMILES string of the molecule is COc1ccc(COC(=O)C2=C(C)NC(=O)N[C@H]2c2cccc(Br)c2)cc1. The van der Waals surface area contributed by atoms with Crippen LogP contribution in [0.5, 0.6) is 5.75 Å². The Bertz CT molecular complexity index is 893. The van der Waals surface area contributed by atoms with Crippen LogP contribution in [0.4, 0.5) is 4.79 Å². The van der Waals surface area contributed by atoms with E-state index in [-0.39, 0.29) is 12.6 Å². The average Bonchev–Trinajstić information content (AvgIpc) is 2.66. The topological polar surface area (TPSA) is 76.7 Å². The molecule has 0 saturated carbocycles. The molecule has 7 heteroatoms. The summed E-state index contributed by atoms with van der Waals surface area (Å²) in [4.78, 5) is 24.7. The fraction of sp³-hybridized carbons (Fsp3) is 0.200. The predicted octanol–water partition coefficient (Wildman–Crippen LogP) is 3.83. The van der Waals surface area contributed by atoms with Gasteiger partial charge in [0.2, 0.25) is 0 Å². The van der Waals surface area contributed by atoms with Gasteiger partial charge in [-0.15, -0.1) is 0 Å². The number of benzene rings is 2. The smallest absolute Gasteiger partial charge is 0.338 e. The number of ether oxygens (including phenoxy) is 2.